The van der Waals surface area contributed by atoms with Gasteiger partial charge >= 0.3 is 5.97 Å². The Kier molecular flexibility index (Phi) is 6.17. The van der Waals surface area contributed by atoms with Gasteiger partial charge in [0.25, 0.3) is 11.8 Å². The van der Waals surface area contributed by atoms with E-state index in [9.17, 15) is 14.4 Å². The fraction of sp³-hybridized carbons (Fsp3) is 0.471. The van der Waals surface area contributed by atoms with Gasteiger partial charge in [-0.2, -0.15) is 0 Å². The molecule has 0 bridgehead atoms. The second kappa shape index (κ2) is 8.33. The summed E-state index contributed by atoms with van der Waals surface area (Å²) in [7, 11) is 1.54. The van der Waals surface area contributed by atoms with E-state index < -0.39 is 18.0 Å². The number of nitrogens with one attached hydrogen (secondary N) is 1. The van der Waals surface area contributed by atoms with Gasteiger partial charge in [0, 0.05) is 18.7 Å². The minimum atomic E-state index is -0.839. The number of nitrogens with zero attached hydrogens (tertiary/aromatic N) is 1. The molecule has 130 valence electrons. The SMILES string of the molecule is COc1ccc(C(=O)NCC(=O)O[C@H](C)C(=O)N2CCCC2)cc1. The molecule has 0 saturated carbocycles. The number of benzene rings is 1. The molecule has 0 spiro atoms. The van der Waals surface area contributed by atoms with Crippen molar-refractivity contribution in [2.24, 2.45) is 0 Å². The smallest absolute Gasteiger partial charge is 0.326 e. The highest BCUT2D eigenvalue weighted by Gasteiger charge is 2.25. The molecule has 1 heterocycles. The lowest BCUT2D eigenvalue weighted by Crippen LogP contribution is -2.40. The van der Waals surface area contributed by atoms with Crippen LogP contribution in [-0.4, -0.2) is 55.5 Å². The number of esters is 1. The Morgan fingerprint density at radius 2 is 1.79 bits per heavy atom. The Morgan fingerprint density at radius 1 is 1.17 bits per heavy atom. The van der Waals surface area contributed by atoms with Crippen LogP contribution < -0.4 is 10.1 Å². The normalized spacial score (nSPS) is 14.8. The minimum absolute atomic E-state index is 0.192. The summed E-state index contributed by atoms with van der Waals surface area (Å²) in [6, 6.07) is 6.51. The first-order valence-electron chi connectivity index (χ1n) is 7.92. The number of carbonyl (C=O) groups is 3. The van der Waals surface area contributed by atoms with Gasteiger partial charge in [-0.25, -0.2) is 0 Å². The fourth-order valence-electron chi connectivity index (χ4n) is 2.48. The monoisotopic (exact) mass is 334 g/mol. The number of hydrogen-bond acceptors (Lipinski definition) is 5. The second-order valence-electron chi connectivity index (χ2n) is 5.58. The van der Waals surface area contributed by atoms with Gasteiger partial charge in [-0.1, -0.05) is 0 Å². The maximum absolute atomic E-state index is 12.1. The van der Waals surface area contributed by atoms with Crippen LogP contribution in [0.2, 0.25) is 0 Å². The average molecular weight is 334 g/mol. The summed E-state index contributed by atoms with van der Waals surface area (Å²) in [4.78, 5) is 37.5. The molecule has 0 aliphatic carbocycles. The van der Waals surface area contributed by atoms with E-state index in [1.165, 1.54) is 7.11 Å². The van der Waals surface area contributed by atoms with Crippen LogP contribution in [0.25, 0.3) is 0 Å². The topological polar surface area (TPSA) is 84.9 Å². The summed E-state index contributed by atoms with van der Waals surface area (Å²) in [5.41, 5.74) is 0.407. The van der Waals surface area contributed by atoms with Crippen molar-refractivity contribution in [3.05, 3.63) is 29.8 Å². The predicted octanol–water partition coefficient (Wildman–Crippen LogP) is 0.979. The van der Waals surface area contributed by atoms with Crippen LogP contribution >= 0.6 is 0 Å². The molecule has 1 aromatic carbocycles. The second-order valence-corrected chi connectivity index (χ2v) is 5.58. The van der Waals surface area contributed by atoms with Crippen molar-refractivity contribution in [2.75, 3.05) is 26.7 Å². The third-order valence-corrected chi connectivity index (χ3v) is 3.82. The van der Waals surface area contributed by atoms with Gasteiger partial charge in [0.2, 0.25) is 0 Å². The highest BCUT2D eigenvalue weighted by atomic mass is 16.5. The van der Waals surface area contributed by atoms with Crippen molar-refractivity contribution in [2.45, 2.75) is 25.9 Å². The number of rotatable bonds is 6. The summed E-state index contributed by atoms with van der Waals surface area (Å²) >= 11 is 0. The molecule has 1 N–H and O–H groups in total. The molecule has 1 atom stereocenters. The first-order valence-corrected chi connectivity index (χ1v) is 7.92. The maximum atomic E-state index is 12.1. The van der Waals surface area contributed by atoms with Gasteiger partial charge < -0.3 is 19.7 Å². The van der Waals surface area contributed by atoms with Crippen LogP contribution in [0.4, 0.5) is 0 Å². The van der Waals surface area contributed by atoms with Crippen molar-refractivity contribution in [3.8, 4) is 5.75 Å². The number of likely N-dealkylation sites (tertiary alicyclic amines) is 1. The molecule has 0 radical (unpaired) electrons. The van der Waals surface area contributed by atoms with Crippen molar-refractivity contribution in [1.82, 2.24) is 10.2 Å². The number of hydrogen-bond donors (Lipinski definition) is 1. The average Bonchev–Trinajstić information content (AvgIpc) is 3.13. The number of ether oxygens (including phenoxy) is 2. The van der Waals surface area contributed by atoms with E-state index in [1.807, 2.05) is 0 Å². The molecule has 1 aliphatic rings. The standard InChI is InChI=1S/C17H22N2O5/c1-12(17(22)19-9-3-4-10-19)24-15(20)11-18-16(21)13-5-7-14(23-2)8-6-13/h5-8,12H,3-4,9-11H2,1-2H3,(H,18,21)/t12-/m1/s1. The van der Waals surface area contributed by atoms with E-state index in [2.05, 4.69) is 5.32 Å². The van der Waals surface area contributed by atoms with Crippen molar-refractivity contribution in [3.63, 3.8) is 0 Å². The summed E-state index contributed by atoms with van der Waals surface area (Å²) in [6.07, 6.45) is 1.11. The fourth-order valence-corrected chi connectivity index (χ4v) is 2.48. The molecule has 0 aromatic heterocycles. The van der Waals surface area contributed by atoms with Crippen LogP contribution in [0, 0.1) is 0 Å². The molecule has 2 rings (SSSR count). The largest absolute Gasteiger partial charge is 0.497 e. The van der Waals surface area contributed by atoms with Crippen LogP contribution in [0.15, 0.2) is 24.3 Å². The molecule has 1 aromatic rings. The lowest BCUT2D eigenvalue weighted by molar-refractivity contribution is -0.157. The van der Waals surface area contributed by atoms with Crippen molar-refractivity contribution < 1.29 is 23.9 Å². The van der Waals surface area contributed by atoms with Crippen molar-refractivity contribution in [1.29, 1.82) is 0 Å². The zero-order valence-corrected chi connectivity index (χ0v) is 13.9. The molecular formula is C17H22N2O5. The number of methoxy groups -OCH3 is 1. The van der Waals surface area contributed by atoms with Gasteiger partial charge in [0.15, 0.2) is 6.10 Å². The van der Waals surface area contributed by atoms with Crippen LogP contribution in [0.5, 0.6) is 5.75 Å². The van der Waals surface area contributed by atoms with E-state index in [4.69, 9.17) is 9.47 Å². The van der Waals surface area contributed by atoms with Gasteiger partial charge in [-0.05, 0) is 44.0 Å². The quantitative estimate of drug-likeness (QED) is 0.784. The van der Waals surface area contributed by atoms with Crippen LogP contribution in [0.1, 0.15) is 30.1 Å². The van der Waals surface area contributed by atoms with Gasteiger partial charge in [0.1, 0.15) is 12.3 Å². The zero-order valence-electron chi connectivity index (χ0n) is 13.9. The highest BCUT2D eigenvalue weighted by Crippen LogP contribution is 2.12. The summed E-state index contributed by atoms with van der Waals surface area (Å²) in [5.74, 6) is -0.590. The minimum Gasteiger partial charge on any atom is -0.497 e. The van der Waals surface area contributed by atoms with Crippen molar-refractivity contribution >= 4 is 17.8 Å². The lowest BCUT2D eigenvalue weighted by Gasteiger charge is -2.20. The molecule has 2 amide bonds. The van der Waals surface area contributed by atoms with Gasteiger partial charge in [0.05, 0.1) is 7.11 Å². The Bertz CT molecular complexity index is 594. The summed E-state index contributed by atoms with van der Waals surface area (Å²) in [5, 5.41) is 2.47. The third-order valence-electron chi connectivity index (χ3n) is 3.82. The molecule has 0 unspecified atom stereocenters. The van der Waals surface area contributed by atoms with E-state index in [-0.39, 0.29) is 12.5 Å². The first-order chi connectivity index (χ1) is 11.5. The van der Waals surface area contributed by atoms with Crippen LogP contribution in [-0.2, 0) is 14.3 Å². The molecule has 1 saturated heterocycles. The third kappa shape index (κ3) is 4.71. The van der Waals surface area contributed by atoms with E-state index in [1.54, 1.807) is 36.1 Å². The Labute approximate surface area is 140 Å². The van der Waals surface area contributed by atoms with Crippen LogP contribution in [0.3, 0.4) is 0 Å². The van der Waals surface area contributed by atoms with Gasteiger partial charge in [-0.3, -0.25) is 14.4 Å². The van der Waals surface area contributed by atoms with E-state index in [0.29, 0.717) is 24.4 Å². The molecule has 7 heteroatoms. The van der Waals surface area contributed by atoms with Gasteiger partial charge in [-0.15, -0.1) is 0 Å². The Morgan fingerprint density at radius 3 is 2.38 bits per heavy atom. The van der Waals surface area contributed by atoms with E-state index >= 15 is 0 Å². The number of amides is 2. The first kappa shape index (κ1) is 17.8. The predicted molar refractivity (Wildman–Crippen MR) is 86.7 cm³/mol. The highest BCUT2D eigenvalue weighted by molar-refractivity contribution is 5.96. The zero-order chi connectivity index (χ0) is 17.5. The lowest BCUT2D eigenvalue weighted by atomic mass is 10.2. The number of carbonyl (C=O) groups excluding carboxylic acids is 3. The van der Waals surface area contributed by atoms with E-state index in [0.717, 1.165) is 12.8 Å². The molecular weight excluding hydrogens is 312 g/mol. The molecule has 7 nitrogen and oxygen atoms in total. The Hall–Kier alpha value is -2.57. The molecule has 1 aliphatic heterocycles. The Balaban J connectivity index is 1.77. The molecule has 1 fully saturated rings. The summed E-state index contributed by atoms with van der Waals surface area (Å²) in [6.45, 7) is 2.66. The molecule has 24 heavy (non-hydrogen) atoms. The maximum Gasteiger partial charge on any atom is 0.326 e. The summed E-state index contributed by atoms with van der Waals surface area (Å²) < 4.78 is 10.1.